The van der Waals surface area contributed by atoms with Gasteiger partial charge in [0.1, 0.15) is 0 Å². The number of hydrogen-bond acceptors (Lipinski definition) is 4. The van der Waals surface area contributed by atoms with Crippen LogP contribution < -0.4 is 15.2 Å². The number of piperidine rings is 1. The average molecular weight is 264 g/mol. The lowest BCUT2D eigenvalue weighted by Gasteiger charge is -2.31. The van der Waals surface area contributed by atoms with Crippen LogP contribution in [0.4, 0.5) is 0 Å². The molecule has 0 bridgehead atoms. The second kappa shape index (κ2) is 6.78. The molecule has 1 aromatic rings. The van der Waals surface area contributed by atoms with Crippen LogP contribution in [0.1, 0.15) is 18.4 Å². The molecule has 1 saturated heterocycles. The van der Waals surface area contributed by atoms with Crippen molar-refractivity contribution in [2.75, 3.05) is 33.9 Å². The van der Waals surface area contributed by atoms with Crippen molar-refractivity contribution in [3.63, 3.8) is 0 Å². The Kier molecular flexibility index (Phi) is 5.05. The van der Waals surface area contributed by atoms with Gasteiger partial charge in [-0.15, -0.1) is 0 Å². The number of rotatable bonds is 5. The molecule has 1 aromatic carbocycles. The normalized spacial score (nSPS) is 17.4. The fourth-order valence-corrected chi connectivity index (χ4v) is 2.62. The lowest BCUT2D eigenvalue weighted by molar-refractivity contribution is 0.180. The molecule has 0 amide bonds. The predicted molar refractivity (Wildman–Crippen MR) is 76.6 cm³/mol. The molecule has 4 heteroatoms. The summed E-state index contributed by atoms with van der Waals surface area (Å²) in [5.41, 5.74) is 6.99. The molecule has 0 atom stereocenters. The van der Waals surface area contributed by atoms with Crippen molar-refractivity contribution in [3.05, 3.63) is 23.8 Å². The summed E-state index contributed by atoms with van der Waals surface area (Å²) in [5, 5.41) is 0. The zero-order chi connectivity index (χ0) is 13.7. The van der Waals surface area contributed by atoms with Crippen molar-refractivity contribution in [1.82, 2.24) is 4.90 Å². The van der Waals surface area contributed by atoms with Crippen LogP contribution in [0.2, 0.25) is 0 Å². The van der Waals surface area contributed by atoms with Crippen LogP contribution in [0, 0.1) is 5.92 Å². The van der Waals surface area contributed by atoms with E-state index in [1.165, 1.54) is 18.4 Å². The van der Waals surface area contributed by atoms with E-state index in [-0.39, 0.29) is 0 Å². The second-order valence-electron chi connectivity index (χ2n) is 5.14. The summed E-state index contributed by atoms with van der Waals surface area (Å²) >= 11 is 0. The molecule has 0 aliphatic carbocycles. The van der Waals surface area contributed by atoms with E-state index in [1.54, 1.807) is 14.2 Å². The maximum atomic E-state index is 5.72. The van der Waals surface area contributed by atoms with Gasteiger partial charge in [-0.05, 0) is 56.1 Å². The monoisotopic (exact) mass is 264 g/mol. The van der Waals surface area contributed by atoms with Crippen LogP contribution in [0.25, 0.3) is 0 Å². The van der Waals surface area contributed by atoms with Gasteiger partial charge in [-0.1, -0.05) is 6.07 Å². The number of ether oxygens (including phenoxy) is 2. The van der Waals surface area contributed by atoms with Crippen molar-refractivity contribution in [2.24, 2.45) is 11.7 Å². The molecule has 0 radical (unpaired) electrons. The Morgan fingerprint density at radius 2 is 1.84 bits per heavy atom. The Labute approximate surface area is 115 Å². The van der Waals surface area contributed by atoms with Crippen LogP contribution in [-0.2, 0) is 6.54 Å². The second-order valence-corrected chi connectivity index (χ2v) is 5.14. The smallest absolute Gasteiger partial charge is 0.161 e. The highest BCUT2D eigenvalue weighted by Crippen LogP contribution is 2.28. The molecule has 1 aliphatic rings. The highest BCUT2D eigenvalue weighted by Gasteiger charge is 2.18. The van der Waals surface area contributed by atoms with Gasteiger partial charge in [-0.25, -0.2) is 0 Å². The fourth-order valence-electron chi connectivity index (χ4n) is 2.62. The Bertz CT molecular complexity index is 401. The zero-order valence-corrected chi connectivity index (χ0v) is 11.9. The van der Waals surface area contributed by atoms with Gasteiger partial charge in [0.2, 0.25) is 0 Å². The molecular weight excluding hydrogens is 240 g/mol. The van der Waals surface area contributed by atoms with Crippen molar-refractivity contribution in [3.8, 4) is 11.5 Å². The predicted octanol–water partition coefficient (Wildman–Crippen LogP) is 1.87. The minimum atomic E-state index is 0.710. The number of methoxy groups -OCH3 is 2. The maximum absolute atomic E-state index is 5.72. The Balaban J connectivity index is 1.96. The third-order valence-corrected chi connectivity index (χ3v) is 3.89. The molecule has 2 rings (SSSR count). The van der Waals surface area contributed by atoms with Crippen LogP contribution >= 0.6 is 0 Å². The minimum Gasteiger partial charge on any atom is -0.493 e. The highest BCUT2D eigenvalue weighted by atomic mass is 16.5. The molecular formula is C15H24N2O2. The summed E-state index contributed by atoms with van der Waals surface area (Å²) < 4.78 is 10.6. The van der Waals surface area contributed by atoms with Gasteiger partial charge in [0.05, 0.1) is 14.2 Å². The maximum Gasteiger partial charge on any atom is 0.161 e. The first kappa shape index (κ1) is 14.2. The number of benzene rings is 1. The van der Waals surface area contributed by atoms with E-state index in [9.17, 15) is 0 Å². The molecule has 1 aliphatic heterocycles. The lowest BCUT2D eigenvalue weighted by atomic mass is 9.97. The summed E-state index contributed by atoms with van der Waals surface area (Å²) in [6.07, 6.45) is 2.42. The summed E-state index contributed by atoms with van der Waals surface area (Å²) in [6, 6.07) is 6.14. The molecule has 0 saturated carbocycles. The quantitative estimate of drug-likeness (QED) is 0.882. The number of nitrogens with zero attached hydrogens (tertiary/aromatic N) is 1. The molecule has 19 heavy (non-hydrogen) atoms. The molecule has 2 N–H and O–H groups in total. The van der Waals surface area contributed by atoms with Gasteiger partial charge < -0.3 is 15.2 Å². The third kappa shape index (κ3) is 3.61. The largest absolute Gasteiger partial charge is 0.493 e. The molecule has 1 fully saturated rings. The topological polar surface area (TPSA) is 47.7 Å². The van der Waals surface area contributed by atoms with Crippen molar-refractivity contribution in [2.45, 2.75) is 19.4 Å². The minimum absolute atomic E-state index is 0.710. The molecule has 0 unspecified atom stereocenters. The number of likely N-dealkylation sites (tertiary alicyclic amines) is 1. The van der Waals surface area contributed by atoms with E-state index in [4.69, 9.17) is 15.2 Å². The van der Waals surface area contributed by atoms with Crippen LogP contribution in [0.15, 0.2) is 18.2 Å². The Hall–Kier alpha value is -1.26. The van der Waals surface area contributed by atoms with Gasteiger partial charge in [0, 0.05) is 6.54 Å². The third-order valence-electron chi connectivity index (χ3n) is 3.89. The van der Waals surface area contributed by atoms with E-state index in [2.05, 4.69) is 17.0 Å². The molecule has 106 valence electrons. The Morgan fingerprint density at radius 1 is 1.16 bits per heavy atom. The number of nitrogens with two attached hydrogens (primary N) is 1. The van der Waals surface area contributed by atoms with Crippen molar-refractivity contribution < 1.29 is 9.47 Å². The highest BCUT2D eigenvalue weighted by molar-refractivity contribution is 5.42. The standard InChI is InChI=1S/C15H24N2O2/c1-18-14-4-3-13(9-15(14)19-2)11-17-7-5-12(10-16)6-8-17/h3-4,9,12H,5-8,10-11,16H2,1-2H3. The molecule has 4 nitrogen and oxygen atoms in total. The van der Waals surface area contributed by atoms with Crippen molar-refractivity contribution >= 4 is 0 Å². The van der Waals surface area contributed by atoms with E-state index in [0.29, 0.717) is 5.92 Å². The van der Waals surface area contributed by atoms with Crippen LogP contribution in [-0.4, -0.2) is 38.8 Å². The van der Waals surface area contributed by atoms with E-state index in [0.717, 1.165) is 37.7 Å². The van der Waals surface area contributed by atoms with Gasteiger partial charge in [0.15, 0.2) is 11.5 Å². The first-order valence-electron chi connectivity index (χ1n) is 6.90. The van der Waals surface area contributed by atoms with Crippen molar-refractivity contribution in [1.29, 1.82) is 0 Å². The summed E-state index contributed by atoms with van der Waals surface area (Å²) in [6.45, 7) is 4.06. The van der Waals surface area contributed by atoms with Gasteiger partial charge >= 0.3 is 0 Å². The molecule has 0 spiro atoms. The lowest BCUT2D eigenvalue weighted by Crippen LogP contribution is -2.35. The SMILES string of the molecule is COc1ccc(CN2CCC(CN)CC2)cc1OC. The first-order valence-corrected chi connectivity index (χ1v) is 6.90. The summed E-state index contributed by atoms with van der Waals surface area (Å²) in [7, 11) is 3.34. The first-order chi connectivity index (χ1) is 9.26. The summed E-state index contributed by atoms with van der Waals surface area (Å²) in [4.78, 5) is 2.48. The molecule has 1 heterocycles. The van der Waals surface area contributed by atoms with Crippen LogP contribution in [0.3, 0.4) is 0 Å². The summed E-state index contributed by atoms with van der Waals surface area (Å²) in [5.74, 6) is 2.30. The zero-order valence-electron chi connectivity index (χ0n) is 11.9. The molecule has 0 aromatic heterocycles. The van der Waals surface area contributed by atoms with E-state index in [1.807, 2.05) is 6.07 Å². The number of hydrogen-bond donors (Lipinski definition) is 1. The Morgan fingerprint density at radius 3 is 2.42 bits per heavy atom. The van der Waals surface area contributed by atoms with E-state index >= 15 is 0 Å². The van der Waals surface area contributed by atoms with Gasteiger partial charge in [-0.3, -0.25) is 4.90 Å². The average Bonchev–Trinajstić information content (AvgIpc) is 2.48. The van der Waals surface area contributed by atoms with E-state index < -0.39 is 0 Å². The fraction of sp³-hybridized carbons (Fsp3) is 0.600. The van der Waals surface area contributed by atoms with Crippen LogP contribution in [0.5, 0.6) is 11.5 Å². The van der Waals surface area contributed by atoms with Gasteiger partial charge in [0.25, 0.3) is 0 Å². The van der Waals surface area contributed by atoms with Gasteiger partial charge in [-0.2, -0.15) is 0 Å².